The molecule has 2 nitrogen and oxygen atoms in total. The minimum absolute atomic E-state index is 0.688. The maximum absolute atomic E-state index is 4.76. The number of rotatable bonds is 5. The summed E-state index contributed by atoms with van der Waals surface area (Å²) in [4.78, 5) is 4.76. The van der Waals surface area contributed by atoms with Crippen LogP contribution >= 0.6 is 11.3 Å². The van der Waals surface area contributed by atoms with Gasteiger partial charge >= 0.3 is 0 Å². The molecule has 1 aromatic heterocycles. The normalized spacial score (nSPS) is 22.3. The van der Waals surface area contributed by atoms with E-state index in [2.05, 4.69) is 41.9 Å². The zero-order valence-electron chi connectivity index (χ0n) is 12.7. The van der Waals surface area contributed by atoms with Gasteiger partial charge in [-0.2, -0.15) is 0 Å². The number of hydrogen-bond acceptors (Lipinski definition) is 3. The van der Waals surface area contributed by atoms with Crippen molar-refractivity contribution in [2.75, 3.05) is 0 Å². The molecule has 1 N–H and O–H groups in total. The molecule has 112 valence electrons. The Morgan fingerprint density at radius 1 is 1.24 bits per heavy atom. The summed E-state index contributed by atoms with van der Waals surface area (Å²) in [6, 6.07) is 11.1. The van der Waals surface area contributed by atoms with Crippen LogP contribution in [0, 0.1) is 5.92 Å². The van der Waals surface area contributed by atoms with E-state index in [1.54, 1.807) is 11.3 Å². The van der Waals surface area contributed by atoms with Crippen LogP contribution in [0.5, 0.6) is 0 Å². The van der Waals surface area contributed by atoms with E-state index in [4.69, 9.17) is 4.98 Å². The Kier molecular flexibility index (Phi) is 5.04. The molecular formula is C18H24N2S. The van der Waals surface area contributed by atoms with E-state index in [0.29, 0.717) is 6.04 Å². The standard InChI is InChI=1S/C18H24N2S/c1-2-14-7-6-10-16(11-14)19-12-18-20-17(13-21-18)15-8-4-3-5-9-15/h3-5,8-9,13-14,16,19H,2,6-7,10-12H2,1H3. The number of nitrogens with zero attached hydrogens (tertiary/aromatic N) is 1. The van der Waals surface area contributed by atoms with Crippen LogP contribution in [-0.2, 0) is 6.54 Å². The van der Waals surface area contributed by atoms with Crippen LogP contribution in [0.4, 0.5) is 0 Å². The van der Waals surface area contributed by atoms with Crippen molar-refractivity contribution in [1.29, 1.82) is 0 Å². The minimum atomic E-state index is 0.688. The fraction of sp³-hybridized carbons (Fsp3) is 0.500. The van der Waals surface area contributed by atoms with Crippen LogP contribution in [0.2, 0.25) is 0 Å². The summed E-state index contributed by atoms with van der Waals surface area (Å²) in [5.74, 6) is 0.924. The van der Waals surface area contributed by atoms with E-state index in [9.17, 15) is 0 Å². The zero-order chi connectivity index (χ0) is 14.5. The summed E-state index contributed by atoms with van der Waals surface area (Å²) in [7, 11) is 0. The highest BCUT2D eigenvalue weighted by molar-refractivity contribution is 7.09. The van der Waals surface area contributed by atoms with Crippen molar-refractivity contribution < 1.29 is 0 Å². The molecule has 3 rings (SSSR count). The third kappa shape index (κ3) is 3.92. The molecule has 21 heavy (non-hydrogen) atoms. The van der Waals surface area contributed by atoms with Gasteiger partial charge in [-0.25, -0.2) is 4.98 Å². The quantitative estimate of drug-likeness (QED) is 0.852. The zero-order valence-corrected chi connectivity index (χ0v) is 13.5. The van der Waals surface area contributed by atoms with Gasteiger partial charge in [0.25, 0.3) is 0 Å². The first-order valence-corrected chi connectivity index (χ1v) is 8.96. The molecule has 2 aromatic rings. The van der Waals surface area contributed by atoms with Gasteiger partial charge in [0.05, 0.1) is 5.69 Å². The number of benzene rings is 1. The molecule has 2 atom stereocenters. The second kappa shape index (κ2) is 7.19. The van der Waals surface area contributed by atoms with Crippen molar-refractivity contribution in [1.82, 2.24) is 10.3 Å². The predicted octanol–water partition coefficient (Wildman–Crippen LogP) is 4.87. The summed E-state index contributed by atoms with van der Waals surface area (Å²) in [5.41, 5.74) is 2.32. The number of nitrogens with one attached hydrogen (secondary N) is 1. The molecule has 1 heterocycles. The molecule has 1 aliphatic rings. The third-order valence-corrected chi connectivity index (χ3v) is 5.37. The lowest BCUT2D eigenvalue weighted by Crippen LogP contribution is -2.33. The molecule has 3 heteroatoms. The van der Waals surface area contributed by atoms with E-state index < -0.39 is 0 Å². The van der Waals surface area contributed by atoms with Crippen molar-refractivity contribution in [3.63, 3.8) is 0 Å². The van der Waals surface area contributed by atoms with Crippen molar-refractivity contribution in [2.45, 2.75) is 51.6 Å². The molecule has 0 bridgehead atoms. The van der Waals surface area contributed by atoms with Crippen LogP contribution < -0.4 is 5.32 Å². The molecular weight excluding hydrogens is 276 g/mol. The van der Waals surface area contributed by atoms with Gasteiger partial charge in [-0.05, 0) is 18.8 Å². The molecule has 0 aliphatic heterocycles. The maximum Gasteiger partial charge on any atom is 0.107 e. The lowest BCUT2D eigenvalue weighted by atomic mass is 9.84. The predicted molar refractivity (Wildman–Crippen MR) is 90.4 cm³/mol. The first-order chi connectivity index (χ1) is 10.3. The molecule has 0 saturated heterocycles. The molecule has 0 spiro atoms. The van der Waals surface area contributed by atoms with Crippen molar-refractivity contribution >= 4 is 11.3 Å². The minimum Gasteiger partial charge on any atom is -0.308 e. The Morgan fingerprint density at radius 3 is 2.90 bits per heavy atom. The lowest BCUT2D eigenvalue weighted by molar-refractivity contribution is 0.278. The summed E-state index contributed by atoms with van der Waals surface area (Å²) in [6.45, 7) is 3.23. The summed E-state index contributed by atoms with van der Waals surface area (Å²) in [5, 5.41) is 7.08. The van der Waals surface area contributed by atoms with Crippen LogP contribution in [-0.4, -0.2) is 11.0 Å². The van der Waals surface area contributed by atoms with Gasteiger partial charge in [-0.3, -0.25) is 0 Å². The first kappa shape index (κ1) is 14.7. The Hall–Kier alpha value is -1.19. The molecule has 2 unspecified atom stereocenters. The Bertz CT molecular complexity index is 549. The van der Waals surface area contributed by atoms with Crippen LogP contribution in [0.15, 0.2) is 35.7 Å². The summed E-state index contributed by atoms with van der Waals surface area (Å²) < 4.78 is 0. The second-order valence-electron chi connectivity index (χ2n) is 6.01. The number of hydrogen-bond donors (Lipinski definition) is 1. The number of aromatic nitrogens is 1. The average Bonchev–Trinajstić information content (AvgIpc) is 3.03. The fourth-order valence-corrected chi connectivity index (χ4v) is 3.97. The van der Waals surface area contributed by atoms with Crippen molar-refractivity contribution in [3.05, 3.63) is 40.7 Å². The van der Waals surface area contributed by atoms with Crippen molar-refractivity contribution in [3.8, 4) is 11.3 Å². The average molecular weight is 300 g/mol. The molecule has 0 amide bonds. The fourth-order valence-electron chi connectivity index (χ4n) is 3.21. The molecule has 1 aromatic carbocycles. The highest BCUT2D eigenvalue weighted by Gasteiger charge is 2.20. The van der Waals surface area contributed by atoms with Crippen LogP contribution in [0.3, 0.4) is 0 Å². The van der Waals surface area contributed by atoms with Gasteiger partial charge in [-0.1, -0.05) is 56.5 Å². The summed E-state index contributed by atoms with van der Waals surface area (Å²) >= 11 is 1.77. The molecule has 0 radical (unpaired) electrons. The largest absolute Gasteiger partial charge is 0.308 e. The lowest BCUT2D eigenvalue weighted by Gasteiger charge is -2.28. The van der Waals surface area contributed by atoms with E-state index >= 15 is 0 Å². The topological polar surface area (TPSA) is 24.9 Å². The molecule has 1 aliphatic carbocycles. The first-order valence-electron chi connectivity index (χ1n) is 8.08. The van der Waals surface area contributed by atoms with Gasteiger partial charge in [0.1, 0.15) is 5.01 Å². The van der Waals surface area contributed by atoms with Gasteiger partial charge in [0.15, 0.2) is 0 Å². The van der Waals surface area contributed by atoms with Crippen molar-refractivity contribution in [2.24, 2.45) is 5.92 Å². The SMILES string of the molecule is CCC1CCCC(NCc2nc(-c3ccccc3)cs2)C1. The second-order valence-corrected chi connectivity index (χ2v) is 6.95. The van der Waals surface area contributed by atoms with Gasteiger partial charge < -0.3 is 5.32 Å². The third-order valence-electron chi connectivity index (χ3n) is 4.52. The molecule has 1 saturated carbocycles. The Morgan fingerprint density at radius 2 is 2.10 bits per heavy atom. The van der Waals surface area contributed by atoms with E-state index in [-0.39, 0.29) is 0 Å². The van der Waals surface area contributed by atoms with E-state index in [0.717, 1.165) is 18.2 Å². The highest BCUT2D eigenvalue weighted by atomic mass is 32.1. The van der Waals surface area contributed by atoms with E-state index in [1.165, 1.54) is 42.7 Å². The maximum atomic E-state index is 4.76. The van der Waals surface area contributed by atoms with E-state index in [1.807, 2.05) is 6.07 Å². The Labute approximate surface area is 131 Å². The van der Waals surface area contributed by atoms with Gasteiger partial charge in [0.2, 0.25) is 0 Å². The van der Waals surface area contributed by atoms with Crippen LogP contribution in [0.25, 0.3) is 11.3 Å². The van der Waals surface area contributed by atoms with Gasteiger partial charge in [0, 0.05) is 23.5 Å². The monoisotopic (exact) mass is 300 g/mol. The smallest absolute Gasteiger partial charge is 0.107 e. The highest BCUT2D eigenvalue weighted by Crippen LogP contribution is 2.27. The summed E-state index contributed by atoms with van der Waals surface area (Å²) in [6.07, 6.45) is 6.79. The van der Waals surface area contributed by atoms with Gasteiger partial charge in [-0.15, -0.1) is 11.3 Å². The Balaban J connectivity index is 1.55. The van der Waals surface area contributed by atoms with Crippen LogP contribution in [0.1, 0.15) is 44.0 Å². The molecule has 1 fully saturated rings. The number of thiazole rings is 1.